The van der Waals surface area contributed by atoms with Gasteiger partial charge in [-0.1, -0.05) is 11.6 Å². The van der Waals surface area contributed by atoms with Crippen LogP contribution in [0.3, 0.4) is 0 Å². The first kappa shape index (κ1) is 14.0. The average Bonchev–Trinajstić information content (AvgIpc) is 3.16. The van der Waals surface area contributed by atoms with Crippen LogP contribution in [-0.2, 0) is 7.05 Å². The Hall–Kier alpha value is -2.67. The van der Waals surface area contributed by atoms with E-state index in [1.165, 1.54) is 0 Å². The summed E-state index contributed by atoms with van der Waals surface area (Å²) in [6, 6.07) is 0.0507. The fourth-order valence-corrected chi connectivity index (χ4v) is 2.70. The quantitative estimate of drug-likeness (QED) is 0.750. The number of aliphatic imine (C=N–C) groups is 1. The molecule has 1 unspecified atom stereocenters. The maximum atomic E-state index is 5.85. The van der Waals surface area contributed by atoms with E-state index in [-0.39, 0.29) is 6.04 Å². The number of fused-ring (bicyclic) bond motifs is 1. The molecule has 1 N–H and O–H groups in total. The Morgan fingerprint density at radius 1 is 1.30 bits per heavy atom. The van der Waals surface area contributed by atoms with Crippen LogP contribution in [0, 0.1) is 0 Å². The zero-order valence-corrected chi connectivity index (χ0v) is 13.1. The van der Waals surface area contributed by atoms with E-state index >= 15 is 0 Å². The highest BCUT2D eigenvalue weighted by molar-refractivity contribution is 6.30. The summed E-state index contributed by atoms with van der Waals surface area (Å²) in [6.07, 6.45) is 13.7. The van der Waals surface area contributed by atoms with Gasteiger partial charge in [0.15, 0.2) is 11.5 Å². The predicted octanol–water partition coefficient (Wildman–Crippen LogP) is 2.47. The van der Waals surface area contributed by atoms with Crippen LogP contribution in [0.4, 0.5) is 5.82 Å². The van der Waals surface area contributed by atoms with Crippen LogP contribution in [0.5, 0.6) is 0 Å². The van der Waals surface area contributed by atoms with Gasteiger partial charge in [-0.3, -0.25) is 9.08 Å². The summed E-state index contributed by atoms with van der Waals surface area (Å²) < 4.78 is 3.76. The maximum Gasteiger partial charge on any atom is 0.180 e. The van der Waals surface area contributed by atoms with Gasteiger partial charge in [-0.05, 0) is 12.5 Å². The Balaban J connectivity index is 1.69. The molecule has 1 aliphatic rings. The van der Waals surface area contributed by atoms with E-state index in [2.05, 4.69) is 25.4 Å². The minimum atomic E-state index is 0.0507. The van der Waals surface area contributed by atoms with Crippen molar-refractivity contribution in [2.75, 3.05) is 5.32 Å². The second-order valence-corrected chi connectivity index (χ2v) is 5.69. The highest BCUT2D eigenvalue weighted by atomic mass is 35.5. The van der Waals surface area contributed by atoms with Crippen LogP contribution in [0.25, 0.3) is 16.9 Å². The maximum absolute atomic E-state index is 5.85. The second kappa shape index (κ2) is 5.51. The SMILES string of the molecule is Cn1cc(-c2cnc3c(NC4C=NC(Cl)=CC4)nccn23)cn1. The van der Waals surface area contributed by atoms with Crippen molar-refractivity contribution in [2.24, 2.45) is 12.0 Å². The summed E-state index contributed by atoms with van der Waals surface area (Å²) in [5.74, 6) is 0.713. The molecule has 1 atom stereocenters. The van der Waals surface area contributed by atoms with E-state index in [4.69, 9.17) is 11.6 Å². The van der Waals surface area contributed by atoms with Gasteiger partial charge in [0.25, 0.3) is 0 Å². The van der Waals surface area contributed by atoms with Crippen molar-refractivity contribution in [2.45, 2.75) is 12.5 Å². The summed E-state index contributed by atoms with van der Waals surface area (Å²) in [4.78, 5) is 13.0. The molecule has 23 heavy (non-hydrogen) atoms. The van der Waals surface area contributed by atoms with Gasteiger partial charge in [0, 0.05) is 37.4 Å². The zero-order valence-electron chi connectivity index (χ0n) is 12.4. The molecule has 3 aromatic rings. The van der Waals surface area contributed by atoms with Gasteiger partial charge < -0.3 is 5.32 Å². The van der Waals surface area contributed by atoms with Crippen LogP contribution in [0.15, 0.2) is 47.2 Å². The first-order valence-electron chi connectivity index (χ1n) is 7.18. The van der Waals surface area contributed by atoms with Crippen molar-refractivity contribution in [3.63, 3.8) is 0 Å². The van der Waals surface area contributed by atoms with E-state index in [9.17, 15) is 0 Å². The average molecular weight is 328 g/mol. The lowest BCUT2D eigenvalue weighted by Crippen LogP contribution is -2.23. The number of imidazole rings is 1. The number of hydrogen-bond donors (Lipinski definition) is 1. The number of hydrogen-bond acceptors (Lipinski definition) is 5. The van der Waals surface area contributed by atoms with Crippen molar-refractivity contribution in [3.8, 4) is 11.3 Å². The van der Waals surface area contributed by atoms with Gasteiger partial charge in [-0.2, -0.15) is 5.10 Å². The Morgan fingerprint density at radius 2 is 2.22 bits per heavy atom. The van der Waals surface area contributed by atoms with Crippen LogP contribution >= 0.6 is 11.6 Å². The molecule has 8 heteroatoms. The second-order valence-electron chi connectivity index (χ2n) is 5.31. The third-order valence-corrected chi connectivity index (χ3v) is 3.92. The number of aryl methyl sites for hydroxylation is 1. The molecule has 3 aromatic heterocycles. The molecule has 0 aliphatic carbocycles. The summed E-state index contributed by atoms with van der Waals surface area (Å²) in [7, 11) is 1.89. The van der Waals surface area contributed by atoms with Crippen LogP contribution < -0.4 is 5.32 Å². The number of nitrogens with zero attached hydrogens (tertiary/aromatic N) is 6. The molecule has 0 saturated heterocycles. The molecule has 0 bridgehead atoms. The van der Waals surface area contributed by atoms with Crippen molar-refractivity contribution < 1.29 is 0 Å². The smallest absolute Gasteiger partial charge is 0.180 e. The topological polar surface area (TPSA) is 72.4 Å². The molecule has 7 nitrogen and oxygen atoms in total. The van der Waals surface area contributed by atoms with Gasteiger partial charge in [-0.25, -0.2) is 15.0 Å². The summed E-state index contributed by atoms with van der Waals surface area (Å²) >= 11 is 5.85. The first-order chi connectivity index (χ1) is 11.2. The van der Waals surface area contributed by atoms with E-state index in [0.717, 1.165) is 23.3 Å². The molecular formula is C15H14ClN7. The summed E-state index contributed by atoms with van der Waals surface area (Å²) in [5.41, 5.74) is 2.74. The van der Waals surface area contributed by atoms with Crippen LogP contribution in [-0.4, -0.2) is 36.4 Å². The molecule has 0 aromatic carbocycles. The normalized spacial score (nSPS) is 17.5. The third-order valence-electron chi connectivity index (χ3n) is 3.67. The molecule has 0 saturated carbocycles. The van der Waals surface area contributed by atoms with E-state index in [1.807, 2.05) is 42.3 Å². The van der Waals surface area contributed by atoms with Gasteiger partial charge in [0.05, 0.1) is 24.1 Å². The molecule has 0 fully saturated rings. The van der Waals surface area contributed by atoms with Crippen LogP contribution in [0.1, 0.15) is 6.42 Å². The molecule has 4 rings (SSSR count). The molecule has 1 aliphatic heterocycles. The lowest BCUT2D eigenvalue weighted by molar-refractivity contribution is 0.768. The lowest BCUT2D eigenvalue weighted by atomic mass is 10.2. The molecule has 116 valence electrons. The predicted molar refractivity (Wildman–Crippen MR) is 89.6 cm³/mol. The number of rotatable bonds is 3. The van der Waals surface area contributed by atoms with E-state index in [1.54, 1.807) is 17.1 Å². The highest BCUT2D eigenvalue weighted by Crippen LogP contribution is 2.23. The zero-order chi connectivity index (χ0) is 15.8. The summed E-state index contributed by atoms with van der Waals surface area (Å²) in [6.45, 7) is 0. The highest BCUT2D eigenvalue weighted by Gasteiger charge is 2.15. The van der Waals surface area contributed by atoms with E-state index < -0.39 is 0 Å². The number of aromatic nitrogens is 5. The first-order valence-corrected chi connectivity index (χ1v) is 7.56. The van der Waals surface area contributed by atoms with Crippen molar-refractivity contribution in [3.05, 3.63) is 42.2 Å². The lowest BCUT2D eigenvalue weighted by Gasteiger charge is -2.16. The minimum Gasteiger partial charge on any atom is -0.359 e. The van der Waals surface area contributed by atoms with Crippen molar-refractivity contribution >= 4 is 29.3 Å². The molecule has 0 spiro atoms. The van der Waals surface area contributed by atoms with Gasteiger partial charge in [-0.15, -0.1) is 0 Å². The monoisotopic (exact) mass is 327 g/mol. The largest absolute Gasteiger partial charge is 0.359 e. The number of halogens is 1. The molecular weight excluding hydrogens is 314 g/mol. The van der Waals surface area contributed by atoms with Crippen LogP contribution in [0.2, 0.25) is 0 Å². The Kier molecular flexibility index (Phi) is 3.34. The van der Waals surface area contributed by atoms with Gasteiger partial charge >= 0.3 is 0 Å². The number of anilines is 1. The Morgan fingerprint density at radius 3 is 2.96 bits per heavy atom. The Bertz CT molecular complexity index is 921. The summed E-state index contributed by atoms with van der Waals surface area (Å²) in [5, 5.41) is 8.08. The number of nitrogens with one attached hydrogen (secondary N) is 1. The van der Waals surface area contributed by atoms with Crippen molar-refractivity contribution in [1.29, 1.82) is 0 Å². The fraction of sp³-hybridized carbons (Fsp3) is 0.200. The minimum absolute atomic E-state index is 0.0507. The van der Waals surface area contributed by atoms with Gasteiger partial charge in [0.1, 0.15) is 5.16 Å². The van der Waals surface area contributed by atoms with Crippen molar-refractivity contribution in [1.82, 2.24) is 24.1 Å². The van der Waals surface area contributed by atoms with Gasteiger partial charge in [0.2, 0.25) is 0 Å². The fourth-order valence-electron chi connectivity index (χ4n) is 2.56. The Labute approximate surface area is 137 Å². The molecule has 0 radical (unpaired) electrons. The standard InChI is InChI=1S/C15H14ClN7/c1-22-9-10(6-20-22)12-8-19-15-14(17-4-5-23(12)15)21-11-2-3-13(16)18-7-11/h3-9,11H,2H2,1H3,(H,17,21). The third kappa shape index (κ3) is 2.59. The van der Waals surface area contributed by atoms with E-state index in [0.29, 0.717) is 11.0 Å². The molecule has 0 amide bonds. The molecule has 4 heterocycles.